The fourth-order valence-corrected chi connectivity index (χ4v) is 10.6. The van der Waals surface area contributed by atoms with Crippen LogP contribution in [0.1, 0.15) is 105 Å². The minimum atomic E-state index is -1.11. The van der Waals surface area contributed by atoms with Crippen LogP contribution in [-0.2, 0) is 40.6 Å². The maximum absolute atomic E-state index is 14.0. The zero-order valence-corrected chi connectivity index (χ0v) is 38.5. The summed E-state index contributed by atoms with van der Waals surface area (Å²) in [4.78, 5) is 111. The number of nitrogens with two attached hydrogens (primary N) is 2. The number of nitrogens with one attached hydrogen (secondary N) is 3. The summed E-state index contributed by atoms with van der Waals surface area (Å²) in [6.07, 6.45) is 4.41. The highest BCUT2D eigenvalue weighted by atomic mass is 16.2. The molecule has 0 bridgehead atoms. The minimum absolute atomic E-state index is 0.0253. The Hall–Kier alpha value is -6.66. The lowest BCUT2D eigenvalue weighted by Gasteiger charge is -2.38. The van der Waals surface area contributed by atoms with E-state index in [1.807, 2.05) is 78.9 Å². The number of fused-ring (bicyclic) bond motifs is 2. The molecule has 4 aliphatic heterocycles. The van der Waals surface area contributed by atoms with Gasteiger partial charge in [0.2, 0.25) is 41.4 Å². The van der Waals surface area contributed by atoms with E-state index in [9.17, 15) is 38.4 Å². The highest BCUT2D eigenvalue weighted by Crippen LogP contribution is 2.33. The molecule has 4 aromatic rings. The molecule has 0 saturated carbocycles. The quantitative estimate of drug-likeness (QED) is 0.108. The Bertz CT molecular complexity index is 2550. The molecule has 68 heavy (non-hydrogen) atoms. The molecule has 5 atom stereocenters. The third kappa shape index (κ3) is 10.6. The largest absolute Gasteiger partial charge is 0.370 e. The monoisotopic (exact) mass is 930 g/mol. The third-order valence-corrected chi connectivity index (χ3v) is 14.3. The van der Waals surface area contributed by atoms with Crippen LogP contribution in [0, 0.1) is 0 Å². The molecule has 3 aromatic carbocycles. The lowest BCUT2D eigenvalue weighted by atomic mass is 9.89. The van der Waals surface area contributed by atoms with Crippen molar-refractivity contribution in [2.24, 2.45) is 18.5 Å². The van der Waals surface area contributed by atoms with Gasteiger partial charge in [-0.15, -0.1) is 0 Å². The Morgan fingerprint density at radius 3 is 2.15 bits per heavy atom. The van der Waals surface area contributed by atoms with E-state index in [0.717, 1.165) is 54.7 Å². The van der Waals surface area contributed by atoms with Crippen molar-refractivity contribution in [3.05, 3.63) is 106 Å². The number of likely N-dealkylation sites (tertiary alicyclic amines) is 1. The van der Waals surface area contributed by atoms with Gasteiger partial charge in [-0.1, -0.05) is 66.7 Å². The smallest absolute Gasteiger partial charge is 0.329 e. The first-order valence-electron chi connectivity index (χ1n) is 23.9. The molecule has 0 radical (unpaired) electrons. The topological polar surface area (TPSA) is 244 Å². The van der Waals surface area contributed by atoms with E-state index in [4.69, 9.17) is 11.5 Å². The predicted octanol–water partition coefficient (Wildman–Crippen LogP) is 1.85. The fourth-order valence-electron chi connectivity index (χ4n) is 10.6. The molecular formula is C50H62N10O8. The van der Waals surface area contributed by atoms with Gasteiger partial charge in [0.25, 0.3) is 0 Å². The van der Waals surface area contributed by atoms with Crippen molar-refractivity contribution in [2.45, 2.75) is 113 Å². The zero-order valence-electron chi connectivity index (χ0n) is 38.5. The maximum Gasteiger partial charge on any atom is 0.329 e. The predicted molar refractivity (Wildman–Crippen MR) is 252 cm³/mol. The van der Waals surface area contributed by atoms with Gasteiger partial charge >= 0.3 is 5.69 Å². The highest BCUT2D eigenvalue weighted by molar-refractivity contribution is 6.00. The number of aromatic nitrogens is 2. The summed E-state index contributed by atoms with van der Waals surface area (Å²) in [5.41, 5.74) is 15.9. The standard InChI is InChI=1S/C50H62N10O8/c1-56-41-29-34(14-17-38(41)60(50(56)68)40-19-21-43(62)54-48(40)66)31-22-26-57(27-23-31)25-8-13-44(63)58-28-24-35-15-18-39(59(35)49(67)36(51)30-58)47(65)53-37(16-20-42(52)61)46(64)55-45(32-9-4-2-5-10-32)33-11-6-3-7-12-33/h2-7,9-12,14,17,29,31,35-37,39-40,45H,8,13,15-16,18-28,30,51H2,1H3,(H2,52,61)(H,53,65)(H,55,64)(H,54,62,66)/t35-,36+,37+,39+,40?/m1/s1. The first-order chi connectivity index (χ1) is 32.8. The Labute approximate surface area is 394 Å². The molecule has 7 N–H and O–H groups in total. The molecule has 4 fully saturated rings. The number of benzene rings is 3. The second kappa shape index (κ2) is 21.1. The van der Waals surface area contributed by atoms with Crippen LogP contribution in [0.2, 0.25) is 0 Å². The van der Waals surface area contributed by atoms with E-state index >= 15 is 0 Å². The molecule has 18 heteroatoms. The number of imide groups is 1. The Morgan fingerprint density at radius 1 is 0.794 bits per heavy atom. The number of hydrogen-bond donors (Lipinski definition) is 5. The van der Waals surface area contributed by atoms with Gasteiger partial charge in [0.05, 0.1) is 17.1 Å². The molecule has 4 aliphatic rings. The molecular weight excluding hydrogens is 869 g/mol. The molecule has 0 aliphatic carbocycles. The summed E-state index contributed by atoms with van der Waals surface area (Å²) < 4.78 is 3.06. The van der Waals surface area contributed by atoms with E-state index in [0.29, 0.717) is 44.2 Å². The minimum Gasteiger partial charge on any atom is -0.370 e. The number of primary amides is 1. The van der Waals surface area contributed by atoms with Gasteiger partial charge in [-0.3, -0.25) is 48.0 Å². The number of amides is 7. The van der Waals surface area contributed by atoms with E-state index in [1.54, 1.807) is 21.4 Å². The molecule has 1 unspecified atom stereocenters. The van der Waals surface area contributed by atoms with Crippen LogP contribution in [0.3, 0.4) is 0 Å². The van der Waals surface area contributed by atoms with Crippen molar-refractivity contribution >= 4 is 52.4 Å². The number of carbonyl (C=O) groups is 7. The van der Waals surface area contributed by atoms with Crippen LogP contribution in [0.15, 0.2) is 83.7 Å². The van der Waals surface area contributed by atoms with Gasteiger partial charge < -0.3 is 36.8 Å². The van der Waals surface area contributed by atoms with Crippen molar-refractivity contribution in [1.82, 2.24) is 39.8 Å². The summed E-state index contributed by atoms with van der Waals surface area (Å²) in [7, 11) is 1.70. The lowest BCUT2D eigenvalue weighted by molar-refractivity contribution is -0.145. The van der Waals surface area contributed by atoms with Crippen LogP contribution < -0.4 is 33.1 Å². The summed E-state index contributed by atoms with van der Waals surface area (Å²) in [5, 5.41) is 8.26. The SMILES string of the molecule is Cn1c(=O)n(C2CCC(=O)NC2=O)c2ccc(C3CCN(CCCC(=O)N4CC[C@H]5CC[C@@H](C(=O)N[C@@H](CCC(N)=O)C(=O)NC(c6ccccc6)c6ccccc6)N5C(=O)[C@@H](N)C4)CC3)cc21. The van der Waals surface area contributed by atoms with Gasteiger partial charge in [-0.25, -0.2) is 4.79 Å². The van der Waals surface area contributed by atoms with Crippen LogP contribution in [0.25, 0.3) is 11.0 Å². The van der Waals surface area contributed by atoms with Crippen molar-refractivity contribution < 1.29 is 33.6 Å². The summed E-state index contributed by atoms with van der Waals surface area (Å²) >= 11 is 0. The van der Waals surface area contributed by atoms with Crippen LogP contribution in [0.5, 0.6) is 0 Å². The van der Waals surface area contributed by atoms with E-state index < -0.39 is 59.7 Å². The number of nitrogens with zero attached hydrogens (tertiary/aromatic N) is 5. The first kappa shape index (κ1) is 47.8. The second-order valence-corrected chi connectivity index (χ2v) is 18.7. The first-order valence-corrected chi connectivity index (χ1v) is 23.9. The lowest BCUT2D eigenvalue weighted by Crippen LogP contribution is -2.60. The summed E-state index contributed by atoms with van der Waals surface area (Å²) in [6.45, 7) is 2.85. The van der Waals surface area contributed by atoms with Crippen molar-refractivity contribution in [1.29, 1.82) is 0 Å². The maximum atomic E-state index is 14.0. The van der Waals surface area contributed by atoms with E-state index in [-0.39, 0.29) is 61.7 Å². The van der Waals surface area contributed by atoms with Crippen molar-refractivity contribution in [2.75, 3.05) is 32.7 Å². The average Bonchev–Trinajstić information content (AvgIpc) is 3.87. The number of carbonyl (C=O) groups excluding carboxylic acids is 7. The number of rotatable bonds is 15. The number of piperidine rings is 2. The molecule has 360 valence electrons. The number of aryl methyl sites for hydroxylation is 1. The van der Waals surface area contributed by atoms with Gasteiger partial charge in [-0.2, -0.15) is 0 Å². The third-order valence-electron chi connectivity index (χ3n) is 14.3. The molecule has 18 nitrogen and oxygen atoms in total. The second-order valence-electron chi connectivity index (χ2n) is 18.7. The number of imidazole rings is 1. The molecule has 1 aromatic heterocycles. The Kier molecular flexibility index (Phi) is 14.8. The molecule has 8 rings (SSSR count). The van der Waals surface area contributed by atoms with Gasteiger partial charge in [0, 0.05) is 45.4 Å². The van der Waals surface area contributed by atoms with Gasteiger partial charge in [0.15, 0.2) is 0 Å². The van der Waals surface area contributed by atoms with Crippen LogP contribution >= 0.6 is 0 Å². The van der Waals surface area contributed by atoms with Gasteiger partial charge in [-0.05, 0) is 106 Å². The molecule has 4 saturated heterocycles. The summed E-state index contributed by atoms with van der Waals surface area (Å²) in [5.74, 6) is -2.62. The normalized spacial score (nSPS) is 22.1. The Balaban J connectivity index is 0.824. The number of hydrogen-bond acceptors (Lipinski definition) is 10. The van der Waals surface area contributed by atoms with Crippen LogP contribution in [0.4, 0.5) is 0 Å². The van der Waals surface area contributed by atoms with E-state index in [1.165, 1.54) is 4.57 Å². The summed E-state index contributed by atoms with van der Waals surface area (Å²) in [6, 6.07) is 20.2. The molecule has 7 amide bonds. The van der Waals surface area contributed by atoms with Crippen molar-refractivity contribution in [3.63, 3.8) is 0 Å². The molecule has 5 heterocycles. The van der Waals surface area contributed by atoms with Crippen molar-refractivity contribution in [3.8, 4) is 0 Å². The fraction of sp³-hybridized carbons (Fsp3) is 0.480. The molecule has 0 spiro atoms. The van der Waals surface area contributed by atoms with Crippen LogP contribution in [-0.4, -0.2) is 122 Å². The average molecular weight is 931 g/mol. The Morgan fingerprint density at radius 2 is 1.49 bits per heavy atom. The van der Waals surface area contributed by atoms with Gasteiger partial charge in [0.1, 0.15) is 24.2 Å². The zero-order chi connectivity index (χ0) is 48.1. The highest BCUT2D eigenvalue weighted by Gasteiger charge is 2.45. The van der Waals surface area contributed by atoms with E-state index in [2.05, 4.69) is 20.9 Å².